The van der Waals surface area contributed by atoms with Gasteiger partial charge in [-0.3, -0.25) is 9.78 Å². The number of carboxylic acids is 1. The van der Waals surface area contributed by atoms with Crippen LogP contribution in [-0.2, 0) is 4.79 Å². The van der Waals surface area contributed by atoms with Gasteiger partial charge < -0.3 is 10.0 Å². The molecule has 0 aromatic carbocycles. The minimum absolute atomic E-state index is 0.0345. The first kappa shape index (κ1) is 13.6. The van der Waals surface area contributed by atoms with Crippen molar-refractivity contribution >= 4 is 5.97 Å². The van der Waals surface area contributed by atoms with Crippen molar-refractivity contribution in [2.75, 3.05) is 14.1 Å². The summed E-state index contributed by atoms with van der Waals surface area (Å²) in [5.41, 5.74) is 0.696. The van der Waals surface area contributed by atoms with E-state index in [-0.39, 0.29) is 17.9 Å². The number of carboxylic acid groups (broad SMARTS) is 1. The molecule has 1 atom stereocenters. The molecule has 0 aliphatic heterocycles. The van der Waals surface area contributed by atoms with E-state index in [0.717, 1.165) is 5.56 Å². The van der Waals surface area contributed by atoms with Crippen molar-refractivity contribution in [3.05, 3.63) is 30.1 Å². The number of aromatic nitrogens is 1. The zero-order chi connectivity index (χ0) is 13.1. The first-order valence-corrected chi connectivity index (χ1v) is 5.63. The van der Waals surface area contributed by atoms with Crippen LogP contribution in [0.1, 0.15) is 31.9 Å². The van der Waals surface area contributed by atoms with Gasteiger partial charge in [0.15, 0.2) is 0 Å². The lowest BCUT2D eigenvalue weighted by Gasteiger charge is -2.38. The van der Waals surface area contributed by atoms with E-state index in [0.29, 0.717) is 0 Å². The smallest absolute Gasteiger partial charge is 0.303 e. The normalized spacial score (nSPS) is 13.7. The maximum atomic E-state index is 10.9. The van der Waals surface area contributed by atoms with E-state index in [1.165, 1.54) is 0 Å². The summed E-state index contributed by atoms with van der Waals surface area (Å²) in [5, 5.41) is 8.99. The molecule has 0 spiro atoms. The van der Waals surface area contributed by atoms with Gasteiger partial charge in [-0.05, 0) is 31.1 Å². The van der Waals surface area contributed by atoms with Crippen LogP contribution in [0.25, 0.3) is 0 Å². The van der Waals surface area contributed by atoms with Crippen LogP contribution in [0.15, 0.2) is 24.5 Å². The average molecular weight is 236 g/mol. The maximum absolute atomic E-state index is 10.9. The Morgan fingerprint density at radius 3 is 2.59 bits per heavy atom. The largest absolute Gasteiger partial charge is 0.481 e. The van der Waals surface area contributed by atoms with Gasteiger partial charge in [0.1, 0.15) is 0 Å². The van der Waals surface area contributed by atoms with Gasteiger partial charge in [0.05, 0.1) is 6.42 Å². The van der Waals surface area contributed by atoms with Gasteiger partial charge in [0.2, 0.25) is 0 Å². The summed E-state index contributed by atoms with van der Waals surface area (Å²) >= 11 is 0. The van der Waals surface area contributed by atoms with Crippen molar-refractivity contribution in [2.24, 2.45) is 5.41 Å². The molecule has 0 aliphatic carbocycles. The molecule has 0 radical (unpaired) electrons. The lowest BCUT2D eigenvalue weighted by atomic mass is 9.77. The Labute approximate surface area is 102 Å². The highest BCUT2D eigenvalue weighted by atomic mass is 16.4. The Bertz CT molecular complexity index is 374. The van der Waals surface area contributed by atoms with E-state index < -0.39 is 5.97 Å². The molecule has 94 valence electrons. The molecular weight excluding hydrogens is 216 g/mol. The number of aliphatic carboxylic acids is 1. The minimum Gasteiger partial charge on any atom is -0.481 e. The standard InChI is InChI=1S/C13H20N2O2/c1-13(2,8-11(16)17)12(15(3)4)10-6-5-7-14-9-10/h5-7,9,12H,8H2,1-4H3,(H,16,17). The monoisotopic (exact) mass is 236 g/mol. The molecule has 1 rings (SSSR count). The van der Waals surface area contributed by atoms with Crippen molar-refractivity contribution in [1.29, 1.82) is 0 Å². The molecule has 17 heavy (non-hydrogen) atoms. The van der Waals surface area contributed by atoms with Crippen LogP contribution < -0.4 is 0 Å². The van der Waals surface area contributed by atoms with Crippen molar-refractivity contribution < 1.29 is 9.90 Å². The summed E-state index contributed by atoms with van der Waals surface area (Å²) in [6.45, 7) is 3.94. The fraction of sp³-hybridized carbons (Fsp3) is 0.538. The first-order valence-electron chi connectivity index (χ1n) is 5.63. The Morgan fingerprint density at radius 1 is 1.53 bits per heavy atom. The number of hydrogen-bond donors (Lipinski definition) is 1. The molecule has 4 heteroatoms. The van der Waals surface area contributed by atoms with Crippen LogP contribution in [0.2, 0.25) is 0 Å². The number of carbonyl (C=O) groups is 1. The topological polar surface area (TPSA) is 53.4 Å². The Kier molecular flexibility index (Phi) is 4.23. The molecule has 1 unspecified atom stereocenters. The Hall–Kier alpha value is -1.42. The highest BCUT2D eigenvalue weighted by molar-refractivity contribution is 5.67. The highest BCUT2D eigenvalue weighted by Gasteiger charge is 2.34. The first-order chi connectivity index (χ1) is 7.84. The minimum atomic E-state index is -0.772. The number of pyridine rings is 1. The molecular formula is C13H20N2O2. The number of rotatable bonds is 5. The fourth-order valence-corrected chi connectivity index (χ4v) is 2.47. The lowest BCUT2D eigenvalue weighted by molar-refractivity contribution is -0.140. The summed E-state index contributed by atoms with van der Waals surface area (Å²) in [7, 11) is 3.92. The molecule has 0 saturated heterocycles. The summed E-state index contributed by atoms with van der Waals surface area (Å²) in [4.78, 5) is 17.1. The highest BCUT2D eigenvalue weighted by Crippen LogP contribution is 2.39. The molecule has 0 saturated carbocycles. The van der Waals surface area contributed by atoms with E-state index in [2.05, 4.69) is 4.98 Å². The van der Waals surface area contributed by atoms with Gasteiger partial charge in [0.25, 0.3) is 0 Å². The van der Waals surface area contributed by atoms with E-state index in [1.807, 2.05) is 45.0 Å². The van der Waals surface area contributed by atoms with Gasteiger partial charge in [-0.2, -0.15) is 0 Å². The molecule has 0 fully saturated rings. The van der Waals surface area contributed by atoms with E-state index in [1.54, 1.807) is 12.4 Å². The summed E-state index contributed by atoms with van der Waals surface area (Å²) in [6.07, 6.45) is 3.65. The third kappa shape index (κ3) is 3.53. The van der Waals surface area contributed by atoms with Crippen LogP contribution in [0.3, 0.4) is 0 Å². The summed E-state index contributed by atoms with van der Waals surface area (Å²) in [5.74, 6) is -0.772. The quantitative estimate of drug-likeness (QED) is 0.851. The lowest BCUT2D eigenvalue weighted by Crippen LogP contribution is -2.35. The number of nitrogens with zero attached hydrogens (tertiary/aromatic N) is 2. The second-order valence-corrected chi connectivity index (χ2v) is 5.21. The van der Waals surface area contributed by atoms with Crippen LogP contribution in [0, 0.1) is 5.41 Å². The molecule has 0 amide bonds. The van der Waals surface area contributed by atoms with E-state index >= 15 is 0 Å². The van der Waals surface area contributed by atoms with Gasteiger partial charge in [-0.15, -0.1) is 0 Å². The average Bonchev–Trinajstić information content (AvgIpc) is 2.15. The second kappa shape index (κ2) is 5.27. The Balaban J connectivity index is 3.05. The van der Waals surface area contributed by atoms with Gasteiger partial charge in [-0.25, -0.2) is 0 Å². The van der Waals surface area contributed by atoms with Crippen LogP contribution >= 0.6 is 0 Å². The molecule has 1 aromatic heterocycles. The SMILES string of the molecule is CN(C)C(c1cccnc1)C(C)(C)CC(=O)O. The van der Waals surface area contributed by atoms with E-state index in [9.17, 15) is 4.79 Å². The van der Waals surface area contributed by atoms with Gasteiger partial charge in [0, 0.05) is 18.4 Å². The molecule has 1 N–H and O–H groups in total. The molecule has 0 aliphatic rings. The Morgan fingerprint density at radius 2 is 2.18 bits per heavy atom. The van der Waals surface area contributed by atoms with Crippen molar-refractivity contribution in [3.63, 3.8) is 0 Å². The van der Waals surface area contributed by atoms with Gasteiger partial charge >= 0.3 is 5.97 Å². The van der Waals surface area contributed by atoms with Crippen molar-refractivity contribution in [1.82, 2.24) is 9.88 Å². The molecule has 4 nitrogen and oxygen atoms in total. The second-order valence-electron chi connectivity index (χ2n) is 5.21. The zero-order valence-corrected chi connectivity index (χ0v) is 10.8. The fourth-order valence-electron chi connectivity index (χ4n) is 2.47. The van der Waals surface area contributed by atoms with Crippen LogP contribution in [0.4, 0.5) is 0 Å². The third-order valence-corrected chi connectivity index (χ3v) is 2.86. The zero-order valence-electron chi connectivity index (χ0n) is 10.8. The predicted octanol–water partition coefficient (Wildman–Crippen LogP) is 2.19. The summed E-state index contributed by atoms with van der Waals surface area (Å²) in [6, 6.07) is 3.90. The van der Waals surface area contributed by atoms with Crippen LogP contribution in [0.5, 0.6) is 0 Å². The molecule has 1 aromatic rings. The van der Waals surface area contributed by atoms with E-state index in [4.69, 9.17) is 5.11 Å². The van der Waals surface area contributed by atoms with Crippen molar-refractivity contribution in [2.45, 2.75) is 26.3 Å². The number of hydrogen-bond acceptors (Lipinski definition) is 3. The summed E-state index contributed by atoms with van der Waals surface area (Å²) < 4.78 is 0. The third-order valence-electron chi connectivity index (χ3n) is 2.86. The van der Waals surface area contributed by atoms with Gasteiger partial charge in [-0.1, -0.05) is 19.9 Å². The van der Waals surface area contributed by atoms with Crippen molar-refractivity contribution in [3.8, 4) is 0 Å². The predicted molar refractivity (Wildman–Crippen MR) is 66.7 cm³/mol. The maximum Gasteiger partial charge on any atom is 0.303 e. The van der Waals surface area contributed by atoms with Crippen LogP contribution in [-0.4, -0.2) is 35.1 Å². The molecule has 0 bridgehead atoms. The molecule has 1 heterocycles.